The normalized spacial score (nSPS) is 12.6. The quantitative estimate of drug-likeness (QED) is 0.0621. The number of aliphatic carboxylic acids is 2. The fourth-order valence-electron chi connectivity index (χ4n) is 4.89. The monoisotopic (exact) mass is 675 g/mol. The lowest BCUT2D eigenvalue weighted by Gasteiger charge is -2.17. The highest BCUT2D eigenvalue weighted by atomic mass is 16.6. The number of carboxylic acids is 2. The number of esters is 2. The number of carboxylic acid groups (broad SMARTS) is 2. The molecule has 0 amide bonds. The van der Waals surface area contributed by atoms with E-state index in [-0.39, 0.29) is 39.3 Å². The molecule has 0 saturated carbocycles. The van der Waals surface area contributed by atoms with Gasteiger partial charge >= 0.3 is 23.9 Å². The van der Waals surface area contributed by atoms with Crippen molar-refractivity contribution in [3.8, 4) is 0 Å². The van der Waals surface area contributed by atoms with Crippen LogP contribution in [0.5, 0.6) is 0 Å². The first kappa shape index (κ1) is 44.7. The third-order valence-electron chi connectivity index (χ3n) is 7.93. The highest BCUT2D eigenvalue weighted by molar-refractivity contribution is 5.79. The molecule has 0 aromatic heterocycles. The topological polar surface area (TPSA) is 158 Å². The van der Waals surface area contributed by atoms with Gasteiger partial charge in [0, 0.05) is 13.1 Å². The van der Waals surface area contributed by atoms with Crippen molar-refractivity contribution in [2.75, 3.05) is 73.0 Å². The van der Waals surface area contributed by atoms with Crippen molar-refractivity contribution in [1.82, 2.24) is 4.90 Å². The summed E-state index contributed by atoms with van der Waals surface area (Å²) in [5.74, 6) is -4.34. The Balaban J connectivity index is 3.72. The molecule has 2 unspecified atom stereocenters. The Hall–Kier alpha value is -2.28. The van der Waals surface area contributed by atoms with Crippen LogP contribution in [0.15, 0.2) is 0 Å². The molecule has 0 spiro atoms. The fourth-order valence-corrected chi connectivity index (χ4v) is 4.89. The number of hydrogen-bond donors (Lipinski definition) is 2. The largest absolute Gasteiger partial charge is 0.481 e. The Kier molecular flexibility index (Phi) is 30.7. The summed E-state index contributed by atoms with van der Waals surface area (Å²) < 4.78 is 26.8. The van der Waals surface area contributed by atoms with Gasteiger partial charge < -0.3 is 38.8 Å². The molecule has 0 aliphatic carbocycles. The van der Waals surface area contributed by atoms with E-state index >= 15 is 0 Å². The van der Waals surface area contributed by atoms with Crippen LogP contribution in [-0.4, -0.2) is 112 Å². The first-order valence-electron chi connectivity index (χ1n) is 17.9. The van der Waals surface area contributed by atoms with Crippen LogP contribution in [0.2, 0.25) is 0 Å². The van der Waals surface area contributed by atoms with E-state index < -0.39 is 35.7 Å². The van der Waals surface area contributed by atoms with Crippen LogP contribution < -0.4 is 0 Å². The predicted octanol–water partition coefficient (Wildman–Crippen LogP) is 5.74. The van der Waals surface area contributed by atoms with Crippen LogP contribution in [0.4, 0.5) is 0 Å². The summed E-state index contributed by atoms with van der Waals surface area (Å²) in [7, 11) is 1.94. The van der Waals surface area contributed by atoms with Gasteiger partial charge in [-0.3, -0.25) is 19.2 Å². The van der Waals surface area contributed by atoms with E-state index in [1.54, 1.807) is 0 Å². The summed E-state index contributed by atoms with van der Waals surface area (Å²) in [6, 6.07) is 0. The summed E-state index contributed by atoms with van der Waals surface area (Å²) >= 11 is 0. The summed E-state index contributed by atoms with van der Waals surface area (Å²) in [6.07, 6.45) is 13.6. The van der Waals surface area contributed by atoms with Gasteiger partial charge in [0.2, 0.25) is 0 Å². The van der Waals surface area contributed by atoms with Gasteiger partial charge in [-0.15, -0.1) is 0 Å². The van der Waals surface area contributed by atoms with Crippen LogP contribution in [0, 0.1) is 11.8 Å². The number of ether oxygens (including phenoxy) is 5. The maximum Gasteiger partial charge on any atom is 0.307 e. The molecule has 276 valence electrons. The van der Waals surface area contributed by atoms with Crippen molar-refractivity contribution in [1.29, 1.82) is 0 Å². The molecule has 12 nitrogen and oxygen atoms in total. The zero-order valence-electron chi connectivity index (χ0n) is 29.6. The lowest BCUT2D eigenvalue weighted by atomic mass is 9.97. The molecule has 0 saturated heterocycles. The number of likely N-dealkylation sites (N-methyl/N-ethyl adjacent to an activating group) is 1. The molecule has 2 atom stereocenters. The standard InChI is InChI=1S/C35H65NO11/c1-4-6-8-10-12-14-16-30(34(39)40)28-32(37)46-26-24-44-21-19-36(3)18-20-43-22-23-45-25-27-47-33(38)29-31(35(41)42)17-15-13-11-9-7-5-2/h30-31H,4-29H2,1-3H3,(H,39,40)(H,41,42). The lowest BCUT2D eigenvalue weighted by molar-refractivity contribution is -0.152. The SMILES string of the molecule is CCCCCCCCC(CC(=O)OCCOCCOCCN(C)CCOCCOC(=O)CC(CCCCCCCC)C(=O)O)C(=O)O. The Labute approximate surface area is 283 Å². The molecule has 12 heteroatoms. The summed E-state index contributed by atoms with van der Waals surface area (Å²) in [5.41, 5.74) is 0. The van der Waals surface area contributed by atoms with E-state index in [0.717, 1.165) is 44.9 Å². The average molecular weight is 676 g/mol. The molecule has 47 heavy (non-hydrogen) atoms. The van der Waals surface area contributed by atoms with Gasteiger partial charge in [-0.2, -0.15) is 0 Å². The van der Waals surface area contributed by atoms with E-state index in [4.69, 9.17) is 23.7 Å². The number of unbranched alkanes of at least 4 members (excludes halogenated alkanes) is 10. The first-order chi connectivity index (χ1) is 22.7. The third-order valence-corrected chi connectivity index (χ3v) is 7.93. The van der Waals surface area contributed by atoms with E-state index in [1.807, 2.05) is 11.9 Å². The van der Waals surface area contributed by atoms with Crippen molar-refractivity contribution in [3.05, 3.63) is 0 Å². The fraction of sp³-hybridized carbons (Fsp3) is 0.886. The minimum atomic E-state index is -0.956. The molecule has 0 radical (unpaired) electrons. The van der Waals surface area contributed by atoms with E-state index in [9.17, 15) is 29.4 Å². The molecule has 0 fully saturated rings. The second-order valence-electron chi connectivity index (χ2n) is 12.2. The molecule has 0 aliphatic rings. The zero-order valence-corrected chi connectivity index (χ0v) is 29.6. The molecular weight excluding hydrogens is 610 g/mol. The number of carbonyl (C=O) groups is 4. The van der Waals surface area contributed by atoms with Gasteiger partial charge in [0.25, 0.3) is 0 Å². The Morgan fingerprint density at radius 1 is 0.511 bits per heavy atom. The Morgan fingerprint density at radius 2 is 0.851 bits per heavy atom. The maximum atomic E-state index is 12.0. The molecule has 0 rings (SSSR count). The lowest BCUT2D eigenvalue weighted by Crippen LogP contribution is -2.28. The van der Waals surface area contributed by atoms with Crippen molar-refractivity contribution in [2.24, 2.45) is 11.8 Å². The number of rotatable bonds is 35. The number of nitrogens with zero attached hydrogens (tertiary/aromatic N) is 1. The molecule has 0 bridgehead atoms. The smallest absolute Gasteiger partial charge is 0.307 e. The molecule has 0 heterocycles. The summed E-state index contributed by atoms with van der Waals surface area (Å²) in [5, 5.41) is 18.8. The van der Waals surface area contributed by atoms with Gasteiger partial charge in [-0.25, -0.2) is 0 Å². The minimum Gasteiger partial charge on any atom is -0.481 e. The Morgan fingerprint density at radius 3 is 1.23 bits per heavy atom. The average Bonchev–Trinajstić information content (AvgIpc) is 3.03. The second kappa shape index (κ2) is 32.3. The van der Waals surface area contributed by atoms with Gasteiger partial charge in [0.1, 0.15) is 13.2 Å². The van der Waals surface area contributed by atoms with Gasteiger partial charge in [0.15, 0.2) is 0 Å². The van der Waals surface area contributed by atoms with E-state index in [1.165, 1.54) is 32.1 Å². The van der Waals surface area contributed by atoms with Crippen LogP contribution in [0.1, 0.15) is 117 Å². The summed E-state index contributed by atoms with van der Waals surface area (Å²) in [6.45, 7) is 8.01. The predicted molar refractivity (Wildman–Crippen MR) is 179 cm³/mol. The maximum absolute atomic E-state index is 12.0. The van der Waals surface area contributed by atoms with Gasteiger partial charge in [-0.1, -0.05) is 90.9 Å². The number of hydrogen-bond acceptors (Lipinski definition) is 10. The van der Waals surface area contributed by atoms with E-state index in [2.05, 4.69) is 13.8 Å². The molecular formula is C35H65NO11. The first-order valence-corrected chi connectivity index (χ1v) is 17.9. The van der Waals surface area contributed by atoms with Gasteiger partial charge in [0.05, 0.1) is 64.3 Å². The van der Waals surface area contributed by atoms with Crippen LogP contribution in [-0.2, 0) is 42.9 Å². The van der Waals surface area contributed by atoms with Crippen molar-refractivity contribution in [2.45, 2.75) is 117 Å². The van der Waals surface area contributed by atoms with Crippen molar-refractivity contribution in [3.63, 3.8) is 0 Å². The highest BCUT2D eigenvalue weighted by Gasteiger charge is 2.22. The summed E-state index contributed by atoms with van der Waals surface area (Å²) in [4.78, 5) is 49.0. The zero-order chi connectivity index (χ0) is 35.0. The van der Waals surface area contributed by atoms with Crippen LogP contribution in [0.3, 0.4) is 0 Å². The third kappa shape index (κ3) is 29.6. The molecule has 2 N–H and O–H groups in total. The number of carbonyl (C=O) groups excluding carboxylic acids is 2. The minimum absolute atomic E-state index is 0.0756. The van der Waals surface area contributed by atoms with Crippen LogP contribution in [0.25, 0.3) is 0 Å². The molecule has 0 aliphatic heterocycles. The van der Waals surface area contributed by atoms with Gasteiger partial charge in [-0.05, 0) is 19.9 Å². The van der Waals surface area contributed by atoms with Crippen molar-refractivity contribution < 1.29 is 53.1 Å². The van der Waals surface area contributed by atoms with Crippen molar-refractivity contribution >= 4 is 23.9 Å². The van der Waals surface area contributed by atoms with Crippen LogP contribution >= 0.6 is 0 Å². The van der Waals surface area contributed by atoms with E-state index in [0.29, 0.717) is 52.4 Å². The molecule has 0 aromatic rings. The highest BCUT2D eigenvalue weighted by Crippen LogP contribution is 2.17. The Bertz CT molecular complexity index is 795. The molecule has 0 aromatic carbocycles. The second-order valence-corrected chi connectivity index (χ2v) is 12.2.